The van der Waals surface area contributed by atoms with Crippen LogP contribution in [-0.2, 0) is 23.4 Å². The van der Waals surface area contributed by atoms with Crippen LogP contribution in [0.2, 0.25) is 0 Å². The lowest BCUT2D eigenvalue weighted by atomic mass is 10.3. The lowest BCUT2D eigenvalue weighted by molar-refractivity contribution is 0.450. The first-order chi connectivity index (χ1) is 10.1. The van der Waals surface area contributed by atoms with E-state index in [1.165, 1.54) is 6.33 Å². The maximum atomic E-state index is 12.1. The minimum Gasteiger partial charge on any atom is -0.355 e. The number of nitrogens with zero attached hydrogens (tertiary/aromatic N) is 5. The molecule has 0 aliphatic heterocycles. The van der Waals surface area contributed by atoms with Crippen molar-refractivity contribution in [1.82, 2.24) is 25.0 Å². The second-order valence-corrected chi connectivity index (χ2v) is 8.92. The molecule has 1 N–H and O–H groups in total. The molecule has 1 aromatic heterocycles. The predicted octanol–water partition coefficient (Wildman–Crippen LogP) is 0.0356. The maximum Gasteiger partial charge on any atom is 0.193 e. The zero-order valence-corrected chi connectivity index (χ0v) is 15.0. The number of guanidine groups is 1. The van der Waals surface area contributed by atoms with Crippen molar-refractivity contribution in [2.75, 3.05) is 26.4 Å². The van der Waals surface area contributed by atoms with Gasteiger partial charge in [-0.1, -0.05) is 0 Å². The van der Waals surface area contributed by atoms with Crippen LogP contribution in [0.25, 0.3) is 0 Å². The molecule has 8 nitrogen and oxygen atoms in total. The van der Waals surface area contributed by atoms with Crippen LogP contribution in [0, 0.1) is 0 Å². The molecule has 1 aromatic rings. The van der Waals surface area contributed by atoms with Gasteiger partial charge in [0.1, 0.15) is 12.2 Å². The average Bonchev–Trinajstić information content (AvgIpc) is 2.78. The van der Waals surface area contributed by atoms with Gasteiger partial charge in [-0.3, -0.25) is 9.67 Å². The Kier molecular flexibility index (Phi) is 5.92. The molecule has 126 valence electrons. The lowest BCUT2D eigenvalue weighted by Gasteiger charge is -2.23. The largest absolute Gasteiger partial charge is 0.355 e. The van der Waals surface area contributed by atoms with Crippen LogP contribution in [0.3, 0.4) is 0 Å². The molecule has 0 aliphatic rings. The third-order valence-corrected chi connectivity index (χ3v) is 5.95. The number of nitrogens with one attached hydrogen (secondary N) is 1. The Balaban J connectivity index is 2.58. The van der Waals surface area contributed by atoms with E-state index in [1.807, 2.05) is 19.0 Å². The number of rotatable bonds is 5. The van der Waals surface area contributed by atoms with Crippen molar-refractivity contribution < 1.29 is 8.42 Å². The molecule has 0 bridgehead atoms. The van der Waals surface area contributed by atoms with Gasteiger partial charge in [0.25, 0.3) is 0 Å². The fourth-order valence-corrected chi connectivity index (χ4v) is 2.72. The first-order valence-corrected chi connectivity index (χ1v) is 8.70. The average molecular weight is 330 g/mol. The standard InChI is InChI=1S/C13H26N6O2S/c1-13(2,3)22(20,21)8-7-15-12(14-4)18(5)9-11-16-10-17-19(11)6/h10H,7-9H2,1-6H3,(H,14,15). The molecular formula is C13H26N6O2S. The van der Waals surface area contributed by atoms with Gasteiger partial charge in [-0.2, -0.15) is 5.10 Å². The van der Waals surface area contributed by atoms with Crippen molar-refractivity contribution in [1.29, 1.82) is 0 Å². The van der Waals surface area contributed by atoms with Crippen molar-refractivity contribution >= 4 is 15.8 Å². The fraction of sp³-hybridized carbons (Fsp3) is 0.769. The van der Waals surface area contributed by atoms with Gasteiger partial charge in [0.05, 0.1) is 17.0 Å². The lowest BCUT2D eigenvalue weighted by Crippen LogP contribution is -2.42. The number of hydrogen-bond donors (Lipinski definition) is 1. The van der Waals surface area contributed by atoms with Gasteiger partial charge >= 0.3 is 0 Å². The van der Waals surface area contributed by atoms with Gasteiger partial charge in [0.2, 0.25) is 0 Å². The Morgan fingerprint density at radius 3 is 2.55 bits per heavy atom. The van der Waals surface area contributed by atoms with Gasteiger partial charge in [0.15, 0.2) is 15.8 Å². The SMILES string of the molecule is CN=C(NCCS(=O)(=O)C(C)(C)C)N(C)Cc1ncnn1C. The van der Waals surface area contributed by atoms with Crippen LogP contribution in [0.1, 0.15) is 26.6 Å². The molecular weight excluding hydrogens is 304 g/mol. The van der Waals surface area contributed by atoms with Crippen LogP contribution < -0.4 is 5.32 Å². The fourth-order valence-electron chi connectivity index (χ4n) is 1.74. The van der Waals surface area contributed by atoms with Crippen molar-refractivity contribution in [3.05, 3.63) is 12.2 Å². The zero-order chi connectivity index (χ0) is 17.0. The summed E-state index contributed by atoms with van der Waals surface area (Å²) in [5.41, 5.74) is 0. The van der Waals surface area contributed by atoms with E-state index >= 15 is 0 Å². The summed E-state index contributed by atoms with van der Waals surface area (Å²) in [6.07, 6.45) is 1.50. The first-order valence-electron chi connectivity index (χ1n) is 7.05. The van der Waals surface area contributed by atoms with Crippen LogP contribution in [0.4, 0.5) is 0 Å². The monoisotopic (exact) mass is 330 g/mol. The van der Waals surface area contributed by atoms with Gasteiger partial charge in [0, 0.05) is 27.7 Å². The van der Waals surface area contributed by atoms with Crippen molar-refractivity contribution in [2.24, 2.45) is 12.0 Å². The van der Waals surface area contributed by atoms with E-state index in [0.717, 1.165) is 5.82 Å². The molecule has 1 rings (SSSR count). The molecule has 0 radical (unpaired) electrons. The Bertz CT molecular complexity index is 615. The van der Waals surface area contributed by atoms with Gasteiger partial charge in [-0.25, -0.2) is 13.4 Å². The number of aryl methyl sites for hydroxylation is 1. The van der Waals surface area contributed by atoms with Crippen LogP contribution in [0.15, 0.2) is 11.3 Å². The molecule has 0 unspecified atom stereocenters. The van der Waals surface area contributed by atoms with Crippen LogP contribution in [0.5, 0.6) is 0 Å². The molecule has 0 saturated heterocycles. The van der Waals surface area contributed by atoms with E-state index < -0.39 is 14.6 Å². The predicted molar refractivity (Wildman–Crippen MR) is 87.4 cm³/mol. The minimum atomic E-state index is -3.15. The highest BCUT2D eigenvalue weighted by Crippen LogP contribution is 2.15. The molecule has 0 saturated carbocycles. The van der Waals surface area contributed by atoms with Crippen LogP contribution >= 0.6 is 0 Å². The van der Waals surface area contributed by atoms with Crippen LogP contribution in [-0.4, -0.2) is 65.2 Å². The summed E-state index contributed by atoms with van der Waals surface area (Å²) in [6.45, 7) is 5.96. The summed E-state index contributed by atoms with van der Waals surface area (Å²) in [5.74, 6) is 1.48. The molecule has 0 aliphatic carbocycles. The summed E-state index contributed by atoms with van der Waals surface area (Å²) in [4.78, 5) is 10.2. The van der Waals surface area contributed by atoms with Crippen molar-refractivity contribution in [3.63, 3.8) is 0 Å². The molecule has 9 heteroatoms. The summed E-state index contributed by atoms with van der Waals surface area (Å²) in [5, 5.41) is 7.08. The molecule has 0 aromatic carbocycles. The van der Waals surface area contributed by atoms with E-state index in [9.17, 15) is 8.42 Å². The second-order valence-electron chi connectivity index (χ2n) is 6.06. The van der Waals surface area contributed by atoms with Crippen molar-refractivity contribution in [3.8, 4) is 0 Å². The molecule has 0 amide bonds. The molecule has 1 heterocycles. The van der Waals surface area contributed by atoms with E-state index in [1.54, 1.807) is 32.5 Å². The number of sulfone groups is 1. The maximum absolute atomic E-state index is 12.1. The topological polar surface area (TPSA) is 92.5 Å². The van der Waals surface area contributed by atoms with E-state index in [0.29, 0.717) is 19.0 Å². The quantitative estimate of drug-likeness (QED) is 0.605. The summed E-state index contributed by atoms with van der Waals surface area (Å²) in [7, 11) is 2.20. The Labute approximate surface area is 132 Å². The number of aliphatic imine (C=N–C) groups is 1. The van der Waals surface area contributed by atoms with E-state index in [2.05, 4.69) is 20.4 Å². The second kappa shape index (κ2) is 7.08. The zero-order valence-electron chi connectivity index (χ0n) is 14.2. The molecule has 0 atom stereocenters. The van der Waals surface area contributed by atoms with E-state index in [4.69, 9.17) is 0 Å². The van der Waals surface area contributed by atoms with E-state index in [-0.39, 0.29) is 5.75 Å². The highest BCUT2D eigenvalue weighted by Gasteiger charge is 2.28. The highest BCUT2D eigenvalue weighted by atomic mass is 32.2. The molecule has 0 fully saturated rings. The molecule has 22 heavy (non-hydrogen) atoms. The highest BCUT2D eigenvalue weighted by molar-refractivity contribution is 7.92. The summed E-state index contributed by atoms with van der Waals surface area (Å²) < 4.78 is 25.1. The molecule has 0 spiro atoms. The number of aromatic nitrogens is 3. The Morgan fingerprint density at radius 1 is 1.45 bits per heavy atom. The smallest absolute Gasteiger partial charge is 0.193 e. The van der Waals surface area contributed by atoms with Gasteiger partial charge in [-0.05, 0) is 20.8 Å². The summed E-state index contributed by atoms with van der Waals surface area (Å²) in [6, 6.07) is 0. The number of hydrogen-bond acceptors (Lipinski definition) is 5. The summed E-state index contributed by atoms with van der Waals surface area (Å²) >= 11 is 0. The normalized spacial score (nSPS) is 13.3. The van der Waals surface area contributed by atoms with Crippen molar-refractivity contribution in [2.45, 2.75) is 32.1 Å². The van der Waals surface area contributed by atoms with Gasteiger partial charge in [-0.15, -0.1) is 0 Å². The Hall–Kier alpha value is -1.64. The third kappa shape index (κ3) is 4.69. The third-order valence-electron chi connectivity index (χ3n) is 3.34. The first kappa shape index (κ1) is 18.4. The Morgan fingerprint density at radius 2 is 2.09 bits per heavy atom. The van der Waals surface area contributed by atoms with Gasteiger partial charge < -0.3 is 10.2 Å². The minimum absolute atomic E-state index is 0.0628.